The highest BCUT2D eigenvalue weighted by Gasteiger charge is 2.46. The van der Waals surface area contributed by atoms with E-state index in [0.717, 1.165) is 25.8 Å². The zero-order valence-electron chi connectivity index (χ0n) is 15.7. The van der Waals surface area contributed by atoms with E-state index in [-0.39, 0.29) is 23.5 Å². The first-order valence-electron chi connectivity index (χ1n) is 9.11. The second-order valence-corrected chi connectivity index (χ2v) is 8.54. The minimum Gasteiger partial charge on any atom is -0.444 e. The Morgan fingerprint density at radius 1 is 1.28 bits per heavy atom. The Morgan fingerprint density at radius 3 is 2.52 bits per heavy atom. The SMILES string of the molecule is CC1CC2(CCN(C(=O)OC(C)(C)C)CC2)CN1C(=O)c1ccc[nH]1. The molecule has 6 heteroatoms. The molecule has 2 aliphatic heterocycles. The summed E-state index contributed by atoms with van der Waals surface area (Å²) in [5.74, 6) is 0.0731. The molecule has 3 heterocycles. The maximum absolute atomic E-state index is 12.7. The van der Waals surface area contributed by atoms with Crippen LogP contribution in [0.5, 0.6) is 0 Å². The third-order valence-electron chi connectivity index (χ3n) is 5.33. The number of likely N-dealkylation sites (tertiary alicyclic amines) is 2. The third kappa shape index (κ3) is 3.83. The highest BCUT2D eigenvalue weighted by atomic mass is 16.6. The van der Waals surface area contributed by atoms with Crippen LogP contribution in [0, 0.1) is 5.41 Å². The number of hydrogen-bond acceptors (Lipinski definition) is 3. The molecule has 2 fully saturated rings. The van der Waals surface area contributed by atoms with Gasteiger partial charge in [0, 0.05) is 31.9 Å². The van der Waals surface area contributed by atoms with Crippen LogP contribution in [0.15, 0.2) is 18.3 Å². The first-order valence-corrected chi connectivity index (χ1v) is 9.11. The lowest BCUT2D eigenvalue weighted by Gasteiger charge is -2.39. The number of carbonyl (C=O) groups excluding carboxylic acids is 2. The molecule has 0 aliphatic carbocycles. The van der Waals surface area contributed by atoms with Crippen LogP contribution in [0.2, 0.25) is 0 Å². The summed E-state index contributed by atoms with van der Waals surface area (Å²) in [4.78, 5) is 31.7. The van der Waals surface area contributed by atoms with Gasteiger partial charge in [0.25, 0.3) is 5.91 Å². The average molecular weight is 347 g/mol. The van der Waals surface area contributed by atoms with E-state index in [1.54, 1.807) is 11.1 Å². The molecule has 1 atom stereocenters. The summed E-state index contributed by atoms with van der Waals surface area (Å²) in [5.41, 5.74) is 0.308. The van der Waals surface area contributed by atoms with Gasteiger partial charge in [-0.3, -0.25) is 4.79 Å². The van der Waals surface area contributed by atoms with E-state index in [1.165, 1.54) is 0 Å². The van der Waals surface area contributed by atoms with Crippen molar-refractivity contribution in [3.63, 3.8) is 0 Å². The van der Waals surface area contributed by atoms with Crippen LogP contribution in [0.25, 0.3) is 0 Å². The number of piperidine rings is 1. The monoisotopic (exact) mass is 347 g/mol. The highest BCUT2D eigenvalue weighted by molar-refractivity contribution is 5.92. The number of aromatic nitrogens is 1. The lowest BCUT2D eigenvalue weighted by molar-refractivity contribution is 0.0108. The van der Waals surface area contributed by atoms with Gasteiger partial charge in [-0.15, -0.1) is 0 Å². The third-order valence-corrected chi connectivity index (χ3v) is 5.33. The topological polar surface area (TPSA) is 65.6 Å². The first-order chi connectivity index (χ1) is 11.7. The molecule has 0 bridgehead atoms. The maximum Gasteiger partial charge on any atom is 0.410 e. The number of carbonyl (C=O) groups is 2. The van der Waals surface area contributed by atoms with Gasteiger partial charge in [-0.1, -0.05) is 0 Å². The molecule has 3 rings (SSSR count). The molecule has 2 saturated heterocycles. The average Bonchev–Trinajstić information content (AvgIpc) is 3.14. The number of hydrogen-bond donors (Lipinski definition) is 1. The van der Waals surface area contributed by atoms with Gasteiger partial charge < -0.3 is 19.5 Å². The van der Waals surface area contributed by atoms with Crippen molar-refractivity contribution in [2.45, 2.75) is 58.6 Å². The molecular formula is C19H29N3O3. The summed E-state index contributed by atoms with van der Waals surface area (Å²) in [6.45, 7) is 9.96. The van der Waals surface area contributed by atoms with Crippen molar-refractivity contribution in [2.75, 3.05) is 19.6 Å². The molecule has 0 radical (unpaired) electrons. The van der Waals surface area contributed by atoms with Gasteiger partial charge >= 0.3 is 6.09 Å². The highest BCUT2D eigenvalue weighted by Crippen LogP contribution is 2.43. The quantitative estimate of drug-likeness (QED) is 0.848. The van der Waals surface area contributed by atoms with Crippen molar-refractivity contribution in [1.82, 2.24) is 14.8 Å². The molecule has 2 amide bonds. The number of nitrogens with one attached hydrogen (secondary N) is 1. The molecule has 25 heavy (non-hydrogen) atoms. The van der Waals surface area contributed by atoms with Gasteiger partial charge in [0.1, 0.15) is 11.3 Å². The lowest BCUT2D eigenvalue weighted by Crippen LogP contribution is -2.46. The van der Waals surface area contributed by atoms with Crippen LogP contribution in [0.4, 0.5) is 4.79 Å². The maximum atomic E-state index is 12.7. The summed E-state index contributed by atoms with van der Waals surface area (Å²) in [6, 6.07) is 3.90. The molecule has 1 aromatic heterocycles. The van der Waals surface area contributed by atoms with Crippen molar-refractivity contribution in [3.8, 4) is 0 Å². The molecular weight excluding hydrogens is 318 g/mol. The molecule has 1 aromatic rings. The molecule has 2 aliphatic rings. The lowest BCUT2D eigenvalue weighted by atomic mass is 9.77. The minimum atomic E-state index is -0.465. The van der Waals surface area contributed by atoms with Crippen LogP contribution in [-0.4, -0.2) is 58.1 Å². The van der Waals surface area contributed by atoms with Crippen LogP contribution in [0.1, 0.15) is 57.4 Å². The molecule has 1 unspecified atom stereocenters. The van der Waals surface area contributed by atoms with E-state index >= 15 is 0 Å². The largest absolute Gasteiger partial charge is 0.444 e. The van der Waals surface area contributed by atoms with Crippen molar-refractivity contribution in [2.24, 2.45) is 5.41 Å². The smallest absolute Gasteiger partial charge is 0.410 e. The van der Waals surface area contributed by atoms with Crippen LogP contribution >= 0.6 is 0 Å². The minimum absolute atomic E-state index is 0.0731. The number of amides is 2. The Labute approximate surface area is 149 Å². The normalized spacial score (nSPS) is 23.1. The number of aromatic amines is 1. The van der Waals surface area contributed by atoms with Gasteiger partial charge in [-0.25, -0.2) is 4.79 Å². The fourth-order valence-corrected chi connectivity index (χ4v) is 4.06. The van der Waals surface area contributed by atoms with Crippen molar-refractivity contribution in [1.29, 1.82) is 0 Å². The standard InChI is InChI=1S/C19H29N3O3/c1-14-12-19(13-22(14)16(23)15-6-5-9-20-15)7-10-21(11-8-19)17(24)25-18(2,3)4/h5-6,9,14,20H,7-8,10-13H2,1-4H3. The predicted octanol–water partition coefficient (Wildman–Crippen LogP) is 3.27. The number of rotatable bonds is 1. The van der Waals surface area contributed by atoms with Gasteiger partial charge in [-0.05, 0) is 64.5 Å². The fourth-order valence-electron chi connectivity index (χ4n) is 4.06. The number of ether oxygens (including phenoxy) is 1. The van der Waals surface area contributed by atoms with Gasteiger partial charge in [0.15, 0.2) is 0 Å². The van der Waals surface area contributed by atoms with E-state index in [2.05, 4.69) is 11.9 Å². The molecule has 0 saturated carbocycles. The van der Waals surface area contributed by atoms with Crippen LogP contribution in [0.3, 0.4) is 0 Å². The molecule has 1 spiro atoms. The van der Waals surface area contributed by atoms with E-state index in [0.29, 0.717) is 18.8 Å². The van der Waals surface area contributed by atoms with E-state index in [9.17, 15) is 9.59 Å². The fraction of sp³-hybridized carbons (Fsp3) is 0.684. The van der Waals surface area contributed by atoms with Crippen molar-refractivity contribution < 1.29 is 14.3 Å². The van der Waals surface area contributed by atoms with E-state index in [1.807, 2.05) is 37.8 Å². The second kappa shape index (κ2) is 6.39. The summed E-state index contributed by atoms with van der Waals surface area (Å²) < 4.78 is 5.48. The van der Waals surface area contributed by atoms with Gasteiger partial charge in [0.2, 0.25) is 0 Å². The summed E-state index contributed by atoms with van der Waals surface area (Å²) >= 11 is 0. The molecule has 0 aromatic carbocycles. The Bertz CT molecular complexity index is 625. The number of nitrogens with zero attached hydrogens (tertiary/aromatic N) is 2. The zero-order chi connectivity index (χ0) is 18.2. The van der Waals surface area contributed by atoms with Crippen LogP contribution in [-0.2, 0) is 4.74 Å². The first kappa shape index (κ1) is 17.8. The van der Waals surface area contributed by atoms with Crippen molar-refractivity contribution in [3.05, 3.63) is 24.0 Å². The predicted molar refractivity (Wildman–Crippen MR) is 95.4 cm³/mol. The van der Waals surface area contributed by atoms with E-state index < -0.39 is 5.60 Å². The summed E-state index contributed by atoms with van der Waals surface area (Å²) in [7, 11) is 0. The van der Waals surface area contributed by atoms with Gasteiger partial charge in [0.05, 0.1) is 0 Å². The molecule has 6 nitrogen and oxygen atoms in total. The number of H-pyrrole nitrogens is 1. The van der Waals surface area contributed by atoms with Crippen molar-refractivity contribution >= 4 is 12.0 Å². The molecule has 138 valence electrons. The second-order valence-electron chi connectivity index (χ2n) is 8.54. The van der Waals surface area contributed by atoms with E-state index in [4.69, 9.17) is 4.74 Å². The summed E-state index contributed by atoms with van der Waals surface area (Å²) in [5, 5.41) is 0. The summed E-state index contributed by atoms with van der Waals surface area (Å²) in [6.07, 6.45) is 4.40. The Kier molecular flexibility index (Phi) is 4.56. The molecule has 1 N–H and O–H groups in total. The Balaban J connectivity index is 1.60. The Hall–Kier alpha value is -1.98. The van der Waals surface area contributed by atoms with Crippen LogP contribution < -0.4 is 0 Å². The Morgan fingerprint density at radius 2 is 1.96 bits per heavy atom. The zero-order valence-corrected chi connectivity index (χ0v) is 15.7. The van der Waals surface area contributed by atoms with Gasteiger partial charge in [-0.2, -0.15) is 0 Å².